The minimum Gasteiger partial charge on any atom is -0.393 e. The Hall–Kier alpha value is -0.570. The first kappa shape index (κ1) is 7.54. The summed E-state index contributed by atoms with van der Waals surface area (Å²) < 4.78 is 0. The quantitative estimate of drug-likeness (QED) is 0.543. The van der Waals surface area contributed by atoms with Gasteiger partial charge in [0.25, 0.3) is 0 Å². The molecule has 1 amide bonds. The molecule has 1 fully saturated rings. The minimum absolute atomic E-state index is 0.0799. The maximum absolute atomic E-state index is 10.6. The minimum atomic E-state index is -0.300. The van der Waals surface area contributed by atoms with Crippen LogP contribution in [-0.2, 0) is 4.79 Å². The van der Waals surface area contributed by atoms with Gasteiger partial charge in [0.2, 0.25) is 5.91 Å². The average molecular weight is 143 g/mol. The van der Waals surface area contributed by atoms with Crippen molar-refractivity contribution in [2.75, 3.05) is 0 Å². The van der Waals surface area contributed by atoms with Crippen LogP contribution in [0, 0.1) is 5.92 Å². The predicted molar refractivity (Wildman–Crippen MR) is 37.2 cm³/mol. The molecule has 58 valence electrons. The lowest BCUT2D eigenvalue weighted by Crippen LogP contribution is -2.30. The number of carbonyl (C=O) groups excluding carboxylic acids is 1. The van der Waals surface area contributed by atoms with Crippen molar-refractivity contribution in [1.29, 1.82) is 0 Å². The number of primary amides is 1. The second-order valence-electron chi connectivity index (χ2n) is 2.92. The molecule has 0 bridgehead atoms. The van der Waals surface area contributed by atoms with E-state index in [1.54, 1.807) is 0 Å². The molecule has 0 spiro atoms. The molecule has 0 aromatic carbocycles. The summed E-state index contributed by atoms with van der Waals surface area (Å²) in [4.78, 5) is 10.6. The van der Waals surface area contributed by atoms with Gasteiger partial charge in [0.15, 0.2) is 0 Å². The van der Waals surface area contributed by atoms with E-state index >= 15 is 0 Å². The van der Waals surface area contributed by atoms with Gasteiger partial charge in [0.05, 0.1) is 6.10 Å². The van der Waals surface area contributed by atoms with Crippen LogP contribution >= 0.6 is 0 Å². The summed E-state index contributed by atoms with van der Waals surface area (Å²) in [5, 5.41) is 9.12. The SMILES string of the molecule is NC(=O)[C@@H]1CCC[C@H](O)C1. The molecule has 0 heterocycles. The van der Waals surface area contributed by atoms with E-state index in [-0.39, 0.29) is 17.9 Å². The number of aliphatic hydroxyl groups excluding tert-OH is 1. The van der Waals surface area contributed by atoms with Crippen molar-refractivity contribution in [2.24, 2.45) is 11.7 Å². The van der Waals surface area contributed by atoms with Gasteiger partial charge in [-0.1, -0.05) is 6.42 Å². The van der Waals surface area contributed by atoms with Crippen LogP contribution in [0.4, 0.5) is 0 Å². The molecule has 1 aliphatic carbocycles. The molecule has 1 saturated carbocycles. The summed E-state index contributed by atoms with van der Waals surface area (Å²) in [5.41, 5.74) is 5.08. The lowest BCUT2D eigenvalue weighted by molar-refractivity contribution is -0.123. The number of hydrogen-bond donors (Lipinski definition) is 2. The van der Waals surface area contributed by atoms with Crippen LogP contribution in [-0.4, -0.2) is 17.1 Å². The Morgan fingerprint density at radius 1 is 1.50 bits per heavy atom. The Balaban J connectivity index is 2.39. The molecule has 1 aliphatic rings. The van der Waals surface area contributed by atoms with E-state index in [0.29, 0.717) is 6.42 Å². The van der Waals surface area contributed by atoms with Crippen molar-refractivity contribution >= 4 is 5.91 Å². The summed E-state index contributed by atoms with van der Waals surface area (Å²) in [7, 11) is 0. The number of aliphatic hydroxyl groups is 1. The highest BCUT2D eigenvalue weighted by Crippen LogP contribution is 2.23. The Bertz CT molecular complexity index is 136. The molecule has 0 aliphatic heterocycles. The molecule has 0 radical (unpaired) electrons. The van der Waals surface area contributed by atoms with Gasteiger partial charge in [-0.2, -0.15) is 0 Å². The van der Waals surface area contributed by atoms with Crippen molar-refractivity contribution in [3.63, 3.8) is 0 Å². The molecule has 3 nitrogen and oxygen atoms in total. The molecule has 0 aromatic rings. The van der Waals surface area contributed by atoms with E-state index in [1.807, 2.05) is 0 Å². The number of rotatable bonds is 1. The molecule has 0 aromatic heterocycles. The third kappa shape index (κ3) is 1.70. The number of hydrogen-bond acceptors (Lipinski definition) is 2. The van der Waals surface area contributed by atoms with Crippen LogP contribution in [0.15, 0.2) is 0 Å². The van der Waals surface area contributed by atoms with E-state index < -0.39 is 0 Å². The van der Waals surface area contributed by atoms with Gasteiger partial charge in [-0.15, -0.1) is 0 Å². The summed E-state index contributed by atoms with van der Waals surface area (Å²) >= 11 is 0. The van der Waals surface area contributed by atoms with Crippen LogP contribution in [0.25, 0.3) is 0 Å². The summed E-state index contributed by atoms with van der Waals surface area (Å²) in [6.07, 6.45) is 2.87. The van der Waals surface area contributed by atoms with Crippen molar-refractivity contribution in [1.82, 2.24) is 0 Å². The van der Waals surface area contributed by atoms with Gasteiger partial charge in [-0.05, 0) is 19.3 Å². The van der Waals surface area contributed by atoms with Gasteiger partial charge in [0.1, 0.15) is 0 Å². The second kappa shape index (κ2) is 3.01. The van der Waals surface area contributed by atoms with Crippen molar-refractivity contribution in [3.05, 3.63) is 0 Å². The summed E-state index contributed by atoms with van der Waals surface area (Å²) in [6.45, 7) is 0. The maximum atomic E-state index is 10.6. The molecule has 2 atom stereocenters. The highest BCUT2D eigenvalue weighted by atomic mass is 16.3. The Labute approximate surface area is 60.2 Å². The van der Waals surface area contributed by atoms with Gasteiger partial charge in [-0.3, -0.25) is 4.79 Å². The Morgan fingerprint density at radius 3 is 2.60 bits per heavy atom. The standard InChI is InChI=1S/C7H13NO2/c8-7(10)5-2-1-3-6(9)4-5/h5-6,9H,1-4H2,(H2,8,10)/t5-,6+/m1/s1. The molecule has 0 saturated heterocycles. The molecule has 3 N–H and O–H groups in total. The lowest BCUT2D eigenvalue weighted by Gasteiger charge is -2.22. The summed E-state index contributed by atoms with van der Waals surface area (Å²) in [5.74, 6) is -0.345. The topological polar surface area (TPSA) is 63.3 Å². The Kier molecular flexibility index (Phi) is 2.27. The fourth-order valence-electron chi connectivity index (χ4n) is 1.42. The molecule has 10 heavy (non-hydrogen) atoms. The lowest BCUT2D eigenvalue weighted by atomic mass is 9.87. The zero-order valence-electron chi connectivity index (χ0n) is 5.92. The van der Waals surface area contributed by atoms with Gasteiger partial charge >= 0.3 is 0 Å². The predicted octanol–water partition coefficient (Wildman–Crippen LogP) is 0.0228. The van der Waals surface area contributed by atoms with Crippen molar-refractivity contribution in [3.8, 4) is 0 Å². The van der Waals surface area contributed by atoms with E-state index in [4.69, 9.17) is 10.8 Å². The Morgan fingerprint density at radius 2 is 2.20 bits per heavy atom. The van der Waals surface area contributed by atoms with Crippen LogP contribution in [0.1, 0.15) is 25.7 Å². The number of amides is 1. The van der Waals surface area contributed by atoms with Gasteiger partial charge < -0.3 is 10.8 Å². The first-order valence-electron chi connectivity index (χ1n) is 3.67. The maximum Gasteiger partial charge on any atom is 0.220 e. The van der Waals surface area contributed by atoms with Gasteiger partial charge in [0, 0.05) is 5.92 Å². The average Bonchev–Trinajstić information content (AvgIpc) is 1.88. The smallest absolute Gasteiger partial charge is 0.220 e. The molecule has 3 heteroatoms. The fraction of sp³-hybridized carbons (Fsp3) is 0.857. The van der Waals surface area contributed by atoms with Crippen molar-refractivity contribution < 1.29 is 9.90 Å². The van der Waals surface area contributed by atoms with E-state index in [0.717, 1.165) is 19.3 Å². The first-order chi connectivity index (χ1) is 4.70. The third-order valence-electron chi connectivity index (χ3n) is 2.05. The highest BCUT2D eigenvalue weighted by molar-refractivity contribution is 5.76. The van der Waals surface area contributed by atoms with E-state index in [9.17, 15) is 4.79 Å². The van der Waals surface area contributed by atoms with Crippen LogP contribution in [0.3, 0.4) is 0 Å². The number of nitrogens with two attached hydrogens (primary N) is 1. The third-order valence-corrected chi connectivity index (χ3v) is 2.05. The second-order valence-corrected chi connectivity index (χ2v) is 2.92. The van der Waals surface area contributed by atoms with Crippen molar-refractivity contribution in [2.45, 2.75) is 31.8 Å². The highest BCUT2D eigenvalue weighted by Gasteiger charge is 2.23. The zero-order valence-corrected chi connectivity index (χ0v) is 5.92. The summed E-state index contributed by atoms with van der Waals surface area (Å²) in [6, 6.07) is 0. The van der Waals surface area contributed by atoms with Gasteiger partial charge in [-0.25, -0.2) is 0 Å². The normalized spacial score (nSPS) is 33.7. The molecular weight excluding hydrogens is 130 g/mol. The molecule has 0 unspecified atom stereocenters. The zero-order chi connectivity index (χ0) is 7.56. The monoisotopic (exact) mass is 143 g/mol. The van der Waals surface area contributed by atoms with E-state index in [1.165, 1.54) is 0 Å². The van der Waals surface area contributed by atoms with Crippen LogP contribution in [0.2, 0.25) is 0 Å². The molecule has 1 rings (SSSR count). The molecular formula is C7H13NO2. The fourth-order valence-corrected chi connectivity index (χ4v) is 1.42. The number of carbonyl (C=O) groups is 1. The first-order valence-corrected chi connectivity index (χ1v) is 3.67. The van der Waals surface area contributed by atoms with Crippen LogP contribution < -0.4 is 5.73 Å². The van der Waals surface area contributed by atoms with Crippen LogP contribution in [0.5, 0.6) is 0 Å². The largest absolute Gasteiger partial charge is 0.393 e. The van der Waals surface area contributed by atoms with E-state index in [2.05, 4.69) is 0 Å².